The number of anilines is 1. The molecule has 0 fully saturated rings. The van der Waals surface area contributed by atoms with Crippen LogP contribution in [0.4, 0.5) is 5.69 Å². The molecule has 0 radical (unpaired) electrons. The van der Waals surface area contributed by atoms with Crippen molar-refractivity contribution in [3.05, 3.63) is 100 Å². The summed E-state index contributed by atoms with van der Waals surface area (Å²) in [6, 6.07) is 19.3. The zero-order valence-corrected chi connectivity index (χ0v) is 21.5. The number of sulfone groups is 1. The second-order valence-corrected chi connectivity index (χ2v) is 11.0. The molecule has 4 aromatic rings. The van der Waals surface area contributed by atoms with Crippen LogP contribution in [0.15, 0.2) is 77.8 Å². The van der Waals surface area contributed by atoms with E-state index >= 15 is 0 Å². The highest BCUT2D eigenvalue weighted by atomic mass is 35.5. The Morgan fingerprint density at radius 2 is 1.60 bits per heavy atom. The number of halogens is 1. The standard InChI is InChI=1S/C28H25ClN2O3S/c1-17-13-20(14-18(2)19(17)3)24-16-22(35(4,33)34)9-10-23(24)28(32)31-21-8-11-26(29)25(15-21)27-7-5-6-12-30-27/h5-16H,1-4H3,(H,31,32). The number of carbonyl (C=O) groups excluding carboxylic acids is 1. The first kappa shape index (κ1) is 24.6. The minimum atomic E-state index is -3.46. The monoisotopic (exact) mass is 504 g/mol. The van der Waals surface area contributed by atoms with Crippen molar-refractivity contribution in [3.8, 4) is 22.4 Å². The lowest BCUT2D eigenvalue weighted by Gasteiger charge is -2.15. The maximum atomic E-state index is 13.4. The Bertz CT molecular complexity index is 1530. The van der Waals surface area contributed by atoms with Gasteiger partial charge < -0.3 is 5.32 Å². The molecule has 35 heavy (non-hydrogen) atoms. The van der Waals surface area contributed by atoms with Crippen LogP contribution in [-0.2, 0) is 9.84 Å². The van der Waals surface area contributed by atoms with Gasteiger partial charge in [0.05, 0.1) is 15.6 Å². The Morgan fingerprint density at radius 1 is 0.886 bits per heavy atom. The second-order valence-electron chi connectivity index (χ2n) is 8.58. The zero-order valence-electron chi connectivity index (χ0n) is 19.9. The first-order chi connectivity index (χ1) is 16.5. The molecule has 1 heterocycles. The summed E-state index contributed by atoms with van der Waals surface area (Å²) in [4.78, 5) is 17.9. The van der Waals surface area contributed by atoms with Gasteiger partial charge in [-0.1, -0.05) is 29.8 Å². The highest BCUT2D eigenvalue weighted by molar-refractivity contribution is 7.90. The van der Waals surface area contributed by atoms with E-state index in [1.54, 1.807) is 36.5 Å². The molecule has 0 aliphatic carbocycles. The summed E-state index contributed by atoms with van der Waals surface area (Å²) in [5.41, 5.74) is 6.93. The van der Waals surface area contributed by atoms with E-state index in [1.165, 1.54) is 6.07 Å². The summed E-state index contributed by atoms with van der Waals surface area (Å²) < 4.78 is 24.5. The van der Waals surface area contributed by atoms with Gasteiger partial charge in [-0.3, -0.25) is 9.78 Å². The van der Waals surface area contributed by atoms with Crippen LogP contribution in [0.1, 0.15) is 27.0 Å². The molecular weight excluding hydrogens is 480 g/mol. The molecule has 0 aliphatic heterocycles. The van der Waals surface area contributed by atoms with E-state index in [4.69, 9.17) is 11.6 Å². The van der Waals surface area contributed by atoms with E-state index in [2.05, 4.69) is 10.3 Å². The minimum Gasteiger partial charge on any atom is -0.322 e. The van der Waals surface area contributed by atoms with Crippen molar-refractivity contribution in [1.82, 2.24) is 4.98 Å². The summed E-state index contributed by atoms with van der Waals surface area (Å²) >= 11 is 6.38. The Balaban J connectivity index is 1.78. The summed E-state index contributed by atoms with van der Waals surface area (Å²) in [6.45, 7) is 6.03. The van der Waals surface area contributed by atoms with Gasteiger partial charge in [0, 0.05) is 29.3 Å². The predicted octanol–water partition coefficient (Wildman–Crippen LogP) is 6.65. The number of benzene rings is 3. The van der Waals surface area contributed by atoms with Gasteiger partial charge in [0.25, 0.3) is 5.91 Å². The average Bonchev–Trinajstić information content (AvgIpc) is 2.83. The SMILES string of the molecule is Cc1cc(-c2cc(S(C)(=O)=O)ccc2C(=O)Nc2ccc(Cl)c(-c3ccccn3)c2)cc(C)c1C. The maximum Gasteiger partial charge on any atom is 0.256 e. The third-order valence-electron chi connectivity index (χ3n) is 6.07. The van der Waals surface area contributed by atoms with Crippen LogP contribution < -0.4 is 5.32 Å². The van der Waals surface area contributed by atoms with E-state index in [1.807, 2.05) is 51.1 Å². The van der Waals surface area contributed by atoms with Crippen molar-refractivity contribution in [2.24, 2.45) is 0 Å². The van der Waals surface area contributed by atoms with E-state index < -0.39 is 9.84 Å². The van der Waals surface area contributed by atoms with Crippen molar-refractivity contribution in [2.45, 2.75) is 25.7 Å². The van der Waals surface area contributed by atoms with Crippen LogP contribution >= 0.6 is 11.6 Å². The minimum absolute atomic E-state index is 0.156. The van der Waals surface area contributed by atoms with Crippen LogP contribution in [0.3, 0.4) is 0 Å². The molecule has 0 bridgehead atoms. The van der Waals surface area contributed by atoms with Crippen LogP contribution in [0.2, 0.25) is 5.02 Å². The molecule has 0 spiro atoms. The quantitative estimate of drug-likeness (QED) is 0.330. The second kappa shape index (κ2) is 9.64. The Labute approximate surface area is 210 Å². The third kappa shape index (κ3) is 5.29. The average molecular weight is 505 g/mol. The molecular formula is C28H25ClN2O3S. The molecule has 1 amide bonds. The fourth-order valence-electron chi connectivity index (χ4n) is 3.90. The number of nitrogens with zero attached hydrogens (tertiary/aromatic N) is 1. The predicted molar refractivity (Wildman–Crippen MR) is 142 cm³/mol. The van der Waals surface area contributed by atoms with Crippen LogP contribution in [0.25, 0.3) is 22.4 Å². The van der Waals surface area contributed by atoms with Crippen molar-refractivity contribution in [3.63, 3.8) is 0 Å². The fourth-order valence-corrected chi connectivity index (χ4v) is 4.76. The number of aromatic nitrogens is 1. The maximum absolute atomic E-state index is 13.4. The van der Waals surface area contributed by atoms with E-state index in [0.29, 0.717) is 33.1 Å². The topological polar surface area (TPSA) is 76.1 Å². The van der Waals surface area contributed by atoms with Gasteiger partial charge in [0.2, 0.25) is 0 Å². The smallest absolute Gasteiger partial charge is 0.256 e. The van der Waals surface area contributed by atoms with Gasteiger partial charge in [-0.15, -0.1) is 0 Å². The molecule has 0 atom stereocenters. The summed E-state index contributed by atoms with van der Waals surface area (Å²) in [6.07, 6.45) is 2.84. The lowest BCUT2D eigenvalue weighted by Crippen LogP contribution is -2.14. The lowest BCUT2D eigenvalue weighted by atomic mass is 9.93. The number of hydrogen-bond donors (Lipinski definition) is 1. The molecule has 7 heteroatoms. The molecule has 1 aromatic heterocycles. The first-order valence-corrected chi connectivity index (χ1v) is 13.3. The van der Waals surface area contributed by atoms with Crippen molar-refractivity contribution in [1.29, 1.82) is 0 Å². The molecule has 0 aliphatic rings. The molecule has 5 nitrogen and oxygen atoms in total. The third-order valence-corrected chi connectivity index (χ3v) is 7.51. The number of aryl methyl sites for hydroxylation is 2. The molecule has 4 rings (SSSR count). The van der Waals surface area contributed by atoms with E-state index in [0.717, 1.165) is 28.5 Å². The number of nitrogens with one attached hydrogen (secondary N) is 1. The van der Waals surface area contributed by atoms with Crippen LogP contribution in [-0.4, -0.2) is 25.6 Å². The summed E-state index contributed by atoms with van der Waals surface area (Å²) in [5, 5.41) is 3.45. The molecule has 3 aromatic carbocycles. The van der Waals surface area contributed by atoms with E-state index in [9.17, 15) is 13.2 Å². The largest absolute Gasteiger partial charge is 0.322 e. The van der Waals surface area contributed by atoms with Gasteiger partial charge in [-0.25, -0.2) is 8.42 Å². The number of rotatable bonds is 5. The molecule has 0 saturated heterocycles. The van der Waals surface area contributed by atoms with Gasteiger partial charge in [-0.05, 0) is 97.1 Å². The lowest BCUT2D eigenvalue weighted by molar-refractivity contribution is 0.102. The normalized spacial score (nSPS) is 11.3. The molecule has 178 valence electrons. The van der Waals surface area contributed by atoms with Gasteiger partial charge in [-0.2, -0.15) is 0 Å². The fraction of sp³-hybridized carbons (Fsp3) is 0.143. The summed E-state index contributed by atoms with van der Waals surface area (Å²) in [5.74, 6) is -0.356. The van der Waals surface area contributed by atoms with Crippen LogP contribution in [0.5, 0.6) is 0 Å². The van der Waals surface area contributed by atoms with Gasteiger partial charge in [0.15, 0.2) is 9.84 Å². The van der Waals surface area contributed by atoms with Crippen molar-refractivity contribution in [2.75, 3.05) is 11.6 Å². The summed E-state index contributed by atoms with van der Waals surface area (Å²) in [7, 11) is -3.46. The number of hydrogen-bond acceptors (Lipinski definition) is 4. The zero-order chi connectivity index (χ0) is 25.3. The highest BCUT2D eigenvalue weighted by Gasteiger charge is 2.19. The highest BCUT2D eigenvalue weighted by Crippen LogP contribution is 2.32. The van der Waals surface area contributed by atoms with E-state index in [-0.39, 0.29) is 10.8 Å². The van der Waals surface area contributed by atoms with Crippen molar-refractivity contribution >= 4 is 33.0 Å². The molecule has 1 N–H and O–H groups in total. The molecule has 0 unspecified atom stereocenters. The first-order valence-electron chi connectivity index (χ1n) is 11.0. The van der Waals surface area contributed by atoms with Gasteiger partial charge >= 0.3 is 0 Å². The van der Waals surface area contributed by atoms with Crippen LogP contribution in [0, 0.1) is 20.8 Å². The number of amides is 1. The Morgan fingerprint density at radius 3 is 2.23 bits per heavy atom. The Kier molecular flexibility index (Phi) is 6.79. The Hall–Kier alpha value is -3.48. The number of carbonyl (C=O) groups is 1. The molecule has 0 saturated carbocycles. The van der Waals surface area contributed by atoms with Crippen molar-refractivity contribution < 1.29 is 13.2 Å². The number of pyridine rings is 1. The van der Waals surface area contributed by atoms with Gasteiger partial charge in [0.1, 0.15) is 0 Å².